The van der Waals surface area contributed by atoms with Crippen molar-refractivity contribution in [3.63, 3.8) is 0 Å². The number of methoxy groups -OCH3 is 1. The minimum absolute atomic E-state index is 0.00931. The Hall–Kier alpha value is -1.88. The van der Waals surface area contributed by atoms with Crippen molar-refractivity contribution in [3.8, 4) is 5.75 Å². The number of fused-ring (bicyclic) bond motifs is 1. The Balaban J connectivity index is 1.57. The van der Waals surface area contributed by atoms with Gasteiger partial charge < -0.3 is 10.1 Å². The molecule has 5 heteroatoms. The Labute approximate surface area is 140 Å². The molecule has 1 amide bonds. The Morgan fingerprint density at radius 1 is 1.43 bits per heavy atom. The number of carbonyl (C=O) groups is 1. The summed E-state index contributed by atoms with van der Waals surface area (Å²) in [5, 5.41) is 3.69. The van der Waals surface area contributed by atoms with Crippen LogP contribution in [0.15, 0.2) is 24.3 Å². The second-order valence-electron chi connectivity index (χ2n) is 6.10. The lowest BCUT2D eigenvalue weighted by Gasteiger charge is -2.15. The van der Waals surface area contributed by atoms with Gasteiger partial charge in [0.25, 0.3) is 0 Å². The third-order valence-electron chi connectivity index (χ3n) is 4.25. The quantitative estimate of drug-likeness (QED) is 0.906. The monoisotopic (exact) mass is 330 g/mol. The summed E-state index contributed by atoms with van der Waals surface area (Å²) >= 11 is 1.63. The molecule has 0 saturated carbocycles. The highest BCUT2D eigenvalue weighted by Crippen LogP contribution is 2.32. The summed E-state index contributed by atoms with van der Waals surface area (Å²) in [6.45, 7) is 2.27. The maximum absolute atomic E-state index is 12.2. The Morgan fingerprint density at radius 2 is 2.26 bits per heavy atom. The second kappa shape index (κ2) is 7.13. The highest BCUT2D eigenvalue weighted by atomic mass is 32.1. The Morgan fingerprint density at radius 3 is 3.09 bits per heavy atom. The van der Waals surface area contributed by atoms with Crippen LogP contribution in [0.3, 0.4) is 0 Å². The largest absolute Gasteiger partial charge is 0.496 e. The molecule has 3 rings (SSSR count). The number of para-hydroxylation sites is 1. The number of rotatable bonds is 5. The van der Waals surface area contributed by atoms with Gasteiger partial charge >= 0.3 is 0 Å². The lowest BCUT2D eigenvalue weighted by Crippen LogP contribution is -2.12. The number of hydrogen-bond acceptors (Lipinski definition) is 4. The summed E-state index contributed by atoms with van der Waals surface area (Å²) < 4.78 is 5.32. The van der Waals surface area contributed by atoms with Crippen molar-refractivity contribution >= 4 is 22.4 Å². The number of carbonyl (C=O) groups excluding carboxylic acids is 1. The highest BCUT2D eigenvalue weighted by Gasteiger charge is 2.20. The summed E-state index contributed by atoms with van der Waals surface area (Å²) in [7, 11) is 1.65. The van der Waals surface area contributed by atoms with Crippen molar-refractivity contribution in [2.75, 3.05) is 12.4 Å². The van der Waals surface area contributed by atoms with Gasteiger partial charge in [0, 0.05) is 11.3 Å². The normalized spacial score (nSPS) is 16.7. The molecule has 0 aliphatic heterocycles. The van der Waals surface area contributed by atoms with Gasteiger partial charge in [-0.05, 0) is 43.2 Å². The van der Waals surface area contributed by atoms with Gasteiger partial charge in [0.05, 0.1) is 12.8 Å². The van der Waals surface area contributed by atoms with Crippen LogP contribution in [0.5, 0.6) is 5.75 Å². The molecule has 0 fully saturated rings. The molecule has 0 saturated heterocycles. The molecule has 0 spiro atoms. The van der Waals surface area contributed by atoms with Gasteiger partial charge in [-0.25, -0.2) is 4.98 Å². The van der Waals surface area contributed by atoms with Gasteiger partial charge in [-0.3, -0.25) is 4.79 Å². The van der Waals surface area contributed by atoms with E-state index in [2.05, 4.69) is 17.2 Å². The van der Waals surface area contributed by atoms with Crippen LogP contribution in [0.1, 0.15) is 35.9 Å². The molecule has 1 heterocycles. The first-order valence-corrected chi connectivity index (χ1v) is 8.87. The lowest BCUT2D eigenvalue weighted by molar-refractivity contribution is -0.116. The number of aromatic nitrogens is 1. The summed E-state index contributed by atoms with van der Waals surface area (Å²) in [4.78, 5) is 18.1. The van der Waals surface area contributed by atoms with Crippen LogP contribution in [0, 0.1) is 5.92 Å². The van der Waals surface area contributed by atoms with E-state index in [9.17, 15) is 4.79 Å². The molecule has 4 nitrogen and oxygen atoms in total. The number of nitrogens with one attached hydrogen (secondary N) is 1. The zero-order valence-corrected chi connectivity index (χ0v) is 14.4. The number of ether oxygens (including phenoxy) is 1. The zero-order valence-electron chi connectivity index (χ0n) is 13.6. The van der Waals surface area contributed by atoms with Crippen LogP contribution < -0.4 is 10.1 Å². The van der Waals surface area contributed by atoms with Crippen LogP contribution >= 0.6 is 11.3 Å². The summed E-state index contributed by atoms with van der Waals surface area (Å²) in [5.74, 6) is 1.56. The second-order valence-corrected chi connectivity index (χ2v) is 7.18. The van der Waals surface area contributed by atoms with E-state index in [0.29, 0.717) is 12.8 Å². The fraction of sp³-hybridized carbons (Fsp3) is 0.444. The number of hydrogen-bond donors (Lipinski definition) is 1. The van der Waals surface area contributed by atoms with Gasteiger partial charge in [0.2, 0.25) is 5.91 Å². The number of anilines is 1. The summed E-state index contributed by atoms with van der Waals surface area (Å²) in [5.41, 5.74) is 2.23. The average Bonchev–Trinajstić information content (AvgIpc) is 2.94. The molecule has 0 bridgehead atoms. The number of nitrogens with zero attached hydrogens (tertiary/aromatic N) is 1. The smallest absolute Gasteiger partial charge is 0.226 e. The van der Waals surface area contributed by atoms with E-state index in [1.807, 2.05) is 24.3 Å². The fourth-order valence-corrected chi connectivity index (χ4v) is 4.12. The van der Waals surface area contributed by atoms with E-state index in [-0.39, 0.29) is 5.91 Å². The van der Waals surface area contributed by atoms with E-state index < -0.39 is 0 Å². The van der Waals surface area contributed by atoms with Gasteiger partial charge in [-0.1, -0.05) is 25.1 Å². The standard InChI is InChI=1S/C18H22N2O2S/c1-12-7-9-14-16(11-12)23-18(19-14)20-17(21)10-8-13-5-3-4-6-15(13)22-2/h3-6,12H,7-11H2,1-2H3,(H,19,20,21)/t12-/m0/s1. The molecule has 23 heavy (non-hydrogen) atoms. The first-order chi connectivity index (χ1) is 11.2. The minimum Gasteiger partial charge on any atom is -0.496 e. The van der Waals surface area contributed by atoms with E-state index in [4.69, 9.17) is 4.74 Å². The fourth-order valence-electron chi connectivity index (χ4n) is 2.93. The molecule has 0 unspecified atom stereocenters. The van der Waals surface area contributed by atoms with Gasteiger partial charge in [0.15, 0.2) is 5.13 Å². The molecule has 1 N–H and O–H groups in total. The molecular weight excluding hydrogens is 308 g/mol. The van der Waals surface area contributed by atoms with E-state index in [0.717, 1.165) is 35.2 Å². The third kappa shape index (κ3) is 3.91. The molecular formula is C18H22N2O2S. The van der Waals surface area contributed by atoms with Crippen molar-refractivity contribution < 1.29 is 9.53 Å². The number of amides is 1. The first kappa shape index (κ1) is 16.0. The Bertz CT molecular complexity index is 696. The van der Waals surface area contributed by atoms with Crippen molar-refractivity contribution in [2.24, 2.45) is 5.92 Å². The van der Waals surface area contributed by atoms with Crippen molar-refractivity contribution in [3.05, 3.63) is 40.4 Å². The number of benzene rings is 1. The minimum atomic E-state index is 0.00931. The lowest BCUT2D eigenvalue weighted by atomic mass is 9.93. The average molecular weight is 330 g/mol. The third-order valence-corrected chi connectivity index (χ3v) is 5.28. The van der Waals surface area contributed by atoms with E-state index in [1.165, 1.54) is 17.0 Å². The van der Waals surface area contributed by atoms with Gasteiger partial charge in [0.1, 0.15) is 5.75 Å². The SMILES string of the molecule is COc1ccccc1CCC(=O)Nc1nc2c(s1)C[C@@H](C)CC2. The first-order valence-electron chi connectivity index (χ1n) is 8.06. The van der Waals surface area contributed by atoms with Crippen molar-refractivity contribution in [2.45, 2.75) is 39.0 Å². The summed E-state index contributed by atoms with van der Waals surface area (Å²) in [6.07, 6.45) is 4.41. The number of thiazole rings is 1. The molecule has 1 aliphatic carbocycles. The van der Waals surface area contributed by atoms with Crippen molar-refractivity contribution in [1.82, 2.24) is 4.98 Å². The van der Waals surface area contributed by atoms with E-state index >= 15 is 0 Å². The summed E-state index contributed by atoms with van der Waals surface area (Å²) in [6, 6.07) is 7.81. The van der Waals surface area contributed by atoms with E-state index in [1.54, 1.807) is 18.4 Å². The molecule has 0 radical (unpaired) electrons. The molecule has 122 valence electrons. The topological polar surface area (TPSA) is 51.2 Å². The maximum Gasteiger partial charge on any atom is 0.226 e. The van der Waals surface area contributed by atoms with Crippen molar-refractivity contribution in [1.29, 1.82) is 0 Å². The molecule has 1 aliphatic rings. The number of aryl methyl sites for hydroxylation is 2. The van der Waals surface area contributed by atoms with Crippen LogP contribution in [0.25, 0.3) is 0 Å². The highest BCUT2D eigenvalue weighted by molar-refractivity contribution is 7.15. The zero-order chi connectivity index (χ0) is 16.2. The molecule has 1 aromatic heterocycles. The molecule has 1 atom stereocenters. The van der Waals surface area contributed by atoms with Gasteiger partial charge in [-0.2, -0.15) is 0 Å². The predicted octanol–water partition coefficient (Wildman–Crippen LogP) is 3.85. The molecule has 1 aromatic carbocycles. The Kier molecular flexibility index (Phi) is 4.96. The maximum atomic E-state index is 12.2. The van der Waals surface area contributed by atoms with Crippen LogP contribution in [0.2, 0.25) is 0 Å². The van der Waals surface area contributed by atoms with Crippen LogP contribution in [0.4, 0.5) is 5.13 Å². The van der Waals surface area contributed by atoms with Crippen LogP contribution in [-0.2, 0) is 24.1 Å². The van der Waals surface area contributed by atoms with Gasteiger partial charge in [-0.15, -0.1) is 11.3 Å². The predicted molar refractivity (Wildman–Crippen MR) is 93.2 cm³/mol. The van der Waals surface area contributed by atoms with Crippen LogP contribution in [-0.4, -0.2) is 18.0 Å². The molecule has 2 aromatic rings.